The zero-order valence-electron chi connectivity index (χ0n) is 13.1. The molecule has 0 aliphatic carbocycles. The van der Waals surface area contributed by atoms with E-state index in [1.807, 2.05) is 0 Å². The van der Waals surface area contributed by atoms with Crippen molar-refractivity contribution in [3.8, 4) is 0 Å². The third-order valence-corrected chi connectivity index (χ3v) is 6.30. The van der Waals surface area contributed by atoms with Crippen molar-refractivity contribution in [1.82, 2.24) is 9.62 Å². The summed E-state index contributed by atoms with van der Waals surface area (Å²) in [5.74, 6) is 0. The zero-order valence-corrected chi connectivity index (χ0v) is 15.5. The van der Waals surface area contributed by atoms with Crippen LogP contribution >= 0.6 is 22.9 Å². The van der Waals surface area contributed by atoms with Gasteiger partial charge < -0.3 is 0 Å². The summed E-state index contributed by atoms with van der Waals surface area (Å²) < 4.78 is 26.7. The topological polar surface area (TPSA) is 49.4 Å². The van der Waals surface area contributed by atoms with Crippen LogP contribution in [0.2, 0.25) is 5.02 Å². The second-order valence-electron chi connectivity index (χ2n) is 5.69. The molecule has 1 aliphatic rings. The van der Waals surface area contributed by atoms with Crippen molar-refractivity contribution < 1.29 is 8.42 Å². The molecular formula is C17H19ClN2O2S2. The van der Waals surface area contributed by atoms with Gasteiger partial charge in [0.15, 0.2) is 0 Å². The number of rotatable bonds is 6. The second-order valence-corrected chi connectivity index (χ2v) is 8.78. The van der Waals surface area contributed by atoms with Crippen LogP contribution in [0.25, 0.3) is 6.08 Å². The number of nitrogens with zero attached hydrogens (tertiary/aromatic N) is 1. The molecular weight excluding hydrogens is 364 g/mol. The summed E-state index contributed by atoms with van der Waals surface area (Å²) >= 11 is 7.61. The van der Waals surface area contributed by atoms with Crippen LogP contribution in [0.3, 0.4) is 0 Å². The van der Waals surface area contributed by atoms with Crippen LogP contribution in [-0.4, -0.2) is 33.0 Å². The van der Waals surface area contributed by atoms with Gasteiger partial charge in [0.05, 0.1) is 0 Å². The van der Waals surface area contributed by atoms with Gasteiger partial charge in [-0.15, -0.1) is 11.3 Å². The molecule has 2 aromatic rings. The Labute approximate surface area is 151 Å². The summed E-state index contributed by atoms with van der Waals surface area (Å²) in [5.41, 5.74) is 2.17. The normalized spacial score (nSPS) is 15.7. The minimum atomic E-state index is -3.43. The Morgan fingerprint density at radius 3 is 2.83 bits per heavy atom. The maximum atomic E-state index is 12.0. The molecule has 1 aromatic carbocycles. The molecule has 0 bridgehead atoms. The van der Waals surface area contributed by atoms with E-state index in [1.54, 1.807) is 41.7 Å². The summed E-state index contributed by atoms with van der Waals surface area (Å²) in [6.45, 7) is 3.01. The first kappa shape index (κ1) is 17.6. The van der Waals surface area contributed by atoms with E-state index in [2.05, 4.69) is 21.1 Å². The van der Waals surface area contributed by atoms with E-state index in [0.717, 1.165) is 25.1 Å². The van der Waals surface area contributed by atoms with Gasteiger partial charge in [-0.1, -0.05) is 23.7 Å². The van der Waals surface area contributed by atoms with E-state index in [9.17, 15) is 8.42 Å². The van der Waals surface area contributed by atoms with Crippen molar-refractivity contribution in [2.24, 2.45) is 0 Å². The second kappa shape index (κ2) is 7.80. The fraction of sp³-hybridized carbons (Fsp3) is 0.294. The van der Waals surface area contributed by atoms with E-state index in [1.165, 1.54) is 15.8 Å². The highest BCUT2D eigenvalue weighted by Gasteiger charge is 2.17. The van der Waals surface area contributed by atoms with Crippen LogP contribution in [0.5, 0.6) is 0 Å². The Morgan fingerprint density at radius 1 is 1.25 bits per heavy atom. The molecule has 0 fully saturated rings. The fourth-order valence-electron chi connectivity index (χ4n) is 2.63. The largest absolute Gasteiger partial charge is 0.297 e. The molecule has 2 heterocycles. The van der Waals surface area contributed by atoms with E-state index in [4.69, 9.17) is 11.6 Å². The van der Waals surface area contributed by atoms with E-state index in [0.29, 0.717) is 18.1 Å². The summed E-state index contributed by atoms with van der Waals surface area (Å²) in [7, 11) is -3.43. The van der Waals surface area contributed by atoms with Crippen LogP contribution in [0.1, 0.15) is 16.0 Å². The molecule has 4 nitrogen and oxygen atoms in total. The maximum absolute atomic E-state index is 12.0. The van der Waals surface area contributed by atoms with Crippen LogP contribution in [0, 0.1) is 0 Å². The van der Waals surface area contributed by atoms with Gasteiger partial charge in [0.2, 0.25) is 10.0 Å². The number of halogens is 1. The van der Waals surface area contributed by atoms with Gasteiger partial charge in [-0.05, 0) is 47.2 Å². The molecule has 0 amide bonds. The standard InChI is InChI=1S/C17H19ClN2O2S2/c18-16-3-1-14(2-4-16)7-12-24(21,22)19-8-10-20-9-5-17-15(13-20)6-11-23-17/h1-4,6-7,11-12,19H,5,8-10,13H2/b12-7+. The van der Waals surface area contributed by atoms with Crippen molar-refractivity contribution >= 4 is 39.0 Å². The van der Waals surface area contributed by atoms with Crippen molar-refractivity contribution in [1.29, 1.82) is 0 Å². The molecule has 1 aliphatic heterocycles. The number of hydrogen-bond donors (Lipinski definition) is 1. The van der Waals surface area contributed by atoms with E-state index < -0.39 is 10.0 Å². The molecule has 0 saturated heterocycles. The molecule has 24 heavy (non-hydrogen) atoms. The first-order valence-corrected chi connectivity index (χ1v) is 10.5. The summed E-state index contributed by atoms with van der Waals surface area (Å²) in [4.78, 5) is 3.73. The van der Waals surface area contributed by atoms with Gasteiger partial charge in [-0.25, -0.2) is 13.1 Å². The number of thiophene rings is 1. The minimum Gasteiger partial charge on any atom is -0.297 e. The SMILES string of the molecule is O=S(=O)(/C=C/c1ccc(Cl)cc1)NCCN1CCc2sccc2C1. The highest BCUT2D eigenvalue weighted by molar-refractivity contribution is 7.92. The summed E-state index contributed by atoms with van der Waals surface area (Å²) in [6.07, 6.45) is 2.62. The quantitative estimate of drug-likeness (QED) is 0.833. The lowest BCUT2D eigenvalue weighted by atomic mass is 10.1. The van der Waals surface area contributed by atoms with Gasteiger partial charge >= 0.3 is 0 Å². The van der Waals surface area contributed by atoms with Gasteiger partial charge in [0, 0.05) is 41.5 Å². The Hall–Kier alpha value is -1.18. The third kappa shape index (κ3) is 4.91. The van der Waals surface area contributed by atoms with Crippen LogP contribution in [-0.2, 0) is 23.0 Å². The van der Waals surface area contributed by atoms with Crippen LogP contribution in [0.15, 0.2) is 41.1 Å². The fourth-order valence-corrected chi connectivity index (χ4v) is 4.46. The third-order valence-electron chi connectivity index (χ3n) is 3.93. The van der Waals surface area contributed by atoms with Gasteiger partial charge in [-0.3, -0.25) is 4.90 Å². The average Bonchev–Trinajstić information content (AvgIpc) is 3.02. The molecule has 0 spiro atoms. The van der Waals surface area contributed by atoms with Crippen LogP contribution < -0.4 is 4.72 Å². The Morgan fingerprint density at radius 2 is 2.04 bits per heavy atom. The predicted molar refractivity (Wildman–Crippen MR) is 101 cm³/mol. The van der Waals surface area contributed by atoms with Crippen LogP contribution in [0.4, 0.5) is 0 Å². The number of hydrogen-bond acceptors (Lipinski definition) is 4. The maximum Gasteiger partial charge on any atom is 0.233 e. The van der Waals surface area contributed by atoms with E-state index in [-0.39, 0.29) is 0 Å². The number of nitrogens with one attached hydrogen (secondary N) is 1. The number of sulfonamides is 1. The number of fused-ring (bicyclic) bond motifs is 1. The van der Waals surface area contributed by atoms with E-state index >= 15 is 0 Å². The molecule has 0 saturated carbocycles. The molecule has 3 rings (SSSR count). The first-order chi connectivity index (χ1) is 11.5. The highest BCUT2D eigenvalue weighted by Crippen LogP contribution is 2.23. The first-order valence-electron chi connectivity index (χ1n) is 7.73. The monoisotopic (exact) mass is 382 g/mol. The lowest BCUT2D eigenvalue weighted by molar-refractivity contribution is 0.261. The Bertz CT molecular complexity index is 813. The van der Waals surface area contributed by atoms with Crippen molar-refractivity contribution in [3.05, 3.63) is 62.1 Å². The lowest BCUT2D eigenvalue weighted by Crippen LogP contribution is -2.36. The molecule has 0 radical (unpaired) electrons. The van der Waals surface area contributed by atoms with Crippen molar-refractivity contribution in [2.45, 2.75) is 13.0 Å². The minimum absolute atomic E-state index is 0.409. The van der Waals surface area contributed by atoms with Gasteiger partial charge in [0.25, 0.3) is 0 Å². The molecule has 0 atom stereocenters. The van der Waals surface area contributed by atoms with Crippen molar-refractivity contribution in [2.75, 3.05) is 19.6 Å². The molecule has 0 unspecified atom stereocenters. The molecule has 128 valence electrons. The summed E-state index contributed by atoms with van der Waals surface area (Å²) in [6, 6.07) is 9.18. The zero-order chi connectivity index (χ0) is 17.0. The number of benzene rings is 1. The molecule has 1 aromatic heterocycles. The average molecular weight is 383 g/mol. The highest BCUT2D eigenvalue weighted by atomic mass is 35.5. The summed E-state index contributed by atoms with van der Waals surface area (Å²) in [5, 5.41) is 3.95. The Kier molecular flexibility index (Phi) is 5.73. The van der Waals surface area contributed by atoms with Gasteiger partial charge in [-0.2, -0.15) is 0 Å². The molecule has 7 heteroatoms. The molecule has 1 N–H and O–H groups in total. The van der Waals surface area contributed by atoms with Gasteiger partial charge in [0.1, 0.15) is 0 Å². The lowest BCUT2D eigenvalue weighted by Gasteiger charge is -2.26. The smallest absolute Gasteiger partial charge is 0.233 e. The Balaban J connectivity index is 1.48. The van der Waals surface area contributed by atoms with Crippen molar-refractivity contribution in [3.63, 3.8) is 0 Å². The predicted octanol–water partition coefficient (Wildman–Crippen LogP) is 3.35.